The van der Waals surface area contributed by atoms with Gasteiger partial charge in [-0.3, -0.25) is 4.79 Å². The average Bonchev–Trinajstić information content (AvgIpc) is 2.28. The fourth-order valence-electron chi connectivity index (χ4n) is 1.37. The Kier molecular flexibility index (Phi) is 4.42. The van der Waals surface area contributed by atoms with Gasteiger partial charge in [0.25, 0.3) is 0 Å². The first-order chi connectivity index (χ1) is 7.21. The molecule has 0 fully saturated rings. The van der Waals surface area contributed by atoms with Crippen molar-refractivity contribution in [3.63, 3.8) is 0 Å². The minimum absolute atomic E-state index is 0.135. The molecule has 0 spiro atoms. The van der Waals surface area contributed by atoms with Gasteiger partial charge in [0.15, 0.2) is 5.78 Å². The summed E-state index contributed by atoms with van der Waals surface area (Å²) < 4.78 is 0. The van der Waals surface area contributed by atoms with Gasteiger partial charge in [-0.2, -0.15) is 0 Å². The van der Waals surface area contributed by atoms with Crippen molar-refractivity contribution in [1.82, 2.24) is 0 Å². The zero-order valence-corrected chi connectivity index (χ0v) is 8.31. The molecule has 0 saturated heterocycles. The Morgan fingerprint density at radius 3 is 2.27 bits per heavy atom. The third-order valence-corrected chi connectivity index (χ3v) is 2.19. The number of ketones is 1. The monoisotopic (exact) mass is 210 g/mol. The van der Waals surface area contributed by atoms with Gasteiger partial charge in [0.1, 0.15) is 6.61 Å². The highest BCUT2D eigenvalue weighted by atomic mass is 16.3. The molecule has 0 saturated carbocycles. The molecule has 0 bridgehead atoms. The maximum Gasteiger partial charge on any atom is 0.162 e. The van der Waals surface area contributed by atoms with Crippen LogP contribution in [0, 0.1) is 0 Å². The summed E-state index contributed by atoms with van der Waals surface area (Å²) in [4.78, 5) is 11.0. The zero-order chi connectivity index (χ0) is 11.3. The van der Waals surface area contributed by atoms with Crippen molar-refractivity contribution in [2.45, 2.75) is 19.6 Å². The van der Waals surface area contributed by atoms with Crippen molar-refractivity contribution >= 4 is 5.78 Å². The van der Waals surface area contributed by atoms with E-state index in [0.29, 0.717) is 11.1 Å². The molecule has 0 amide bonds. The molecule has 4 nitrogen and oxygen atoms in total. The largest absolute Gasteiger partial charge is 0.392 e. The summed E-state index contributed by atoms with van der Waals surface area (Å²) in [6.07, 6.45) is 0.148. The van der Waals surface area contributed by atoms with Gasteiger partial charge in [0, 0.05) is 6.42 Å². The number of aliphatic hydroxyl groups excluding tert-OH is 3. The molecule has 1 rings (SSSR count). The van der Waals surface area contributed by atoms with Crippen LogP contribution in [0.3, 0.4) is 0 Å². The highest BCUT2D eigenvalue weighted by Gasteiger charge is 2.05. The lowest BCUT2D eigenvalue weighted by Gasteiger charge is -2.07. The van der Waals surface area contributed by atoms with Crippen LogP contribution in [0.2, 0.25) is 0 Å². The van der Waals surface area contributed by atoms with E-state index in [-0.39, 0.29) is 25.4 Å². The molecule has 82 valence electrons. The second kappa shape index (κ2) is 5.60. The zero-order valence-electron chi connectivity index (χ0n) is 8.31. The molecule has 15 heavy (non-hydrogen) atoms. The Balaban J connectivity index is 2.88. The number of carbonyl (C=O) groups excluding carboxylic acids is 1. The molecular weight excluding hydrogens is 196 g/mol. The third-order valence-electron chi connectivity index (χ3n) is 2.19. The summed E-state index contributed by atoms with van der Waals surface area (Å²) in [7, 11) is 0. The summed E-state index contributed by atoms with van der Waals surface area (Å²) in [5, 5.41) is 26.6. The molecule has 0 aliphatic rings. The predicted octanol–water partition coefficient (Wildman–Crippen LogP) is -0.225. The number of rotatable bonds is 5. The van der Waals surface area contributed by atoms with Crippen LogP contribution in [0.15, 0.2) is 18.2 Å². The van der Waals surface area contributed by atoms with Crippen LogP contribution in [0.4, 0.5) is 0 Å². The van der Waals surface area contributed by atoms with E-state index in [4.69, 9.17) is 15.3 Å². The first-order valence-corrected chi connectivity index (χ1v) is 4.66. The number of aliphatic hydroxyl groups is 3. The topological polar surface area (TPSA) is 77.8 Å². The number of hydrogen-bond donors (Lipinski definition) is 3. The van der Waals surface area contributed by atoms with Gasteiger partial charge >= 0.3 is 0 Å². The Morgan fingerprint density at radius 2 is 1.73 bits per heavy atom. The van der Waals surface area contributed by atoms with Crippen LogP contribution >= 0.6 is 0 Å². The number of hydrogen-bond acceptors (Lipinski definition) is 4. The quantitative estimate of drug-likeness (QED) is 0.627. The van der Waals surface area contributed by atoms with Crippen molar-refractivity contribution in [3.8, 4) is 0 Å². The molecule has 0 aromatic heterocycles. The molecule has 1 aromatic carbocycles. The van der Waals surface area contributed by atoms with E-state index >= 15 is 0 Å². The Morgan fingerprint density at radius 1 is 1.07 bits per heavy atom. The number of carbonyl (C=O) groups is 1. The van der Waals surface area contributed by atoms with Crippen LogP contribution in [-0.2, 0) is 24.4 Å². The van der Waals surface area contributed by atoms with E-state index < -0.39 is 6.61 Å². The minimum Gasteiger partial charge on any atom is -0.392 e. The summed E-state index contributed by atoms with van der Waals surface area (Å²) in [6.45, 7) is -0.780. The van der Waals surface area contributed by atoms with E-state index in [2.05, 4.69) is 0 Å². The van der Waals surface area contributed by atoms with Crippen molar-refractivity contribution in [2.75, 3.05) is 6.61 Å². The molecule has 1 aromatic rings. The first kappa shape index (κ1) is 11.8. The first-order valence-electron chi connectivity index (χ1n) is 4.66. The van der Waals surface area contributed by atoms with Crippen molar-refractivity contribution in [2.24, 2.45) is 0 Å². The van der Waals surface area contributed by atoms with Gasteiger partial charge < -0.3 is 15.3 Å². The smallest absolute Gasteiger partial charge is 0.162 e. The second-order valence-electron chi connectivity index (χ2n) is 3.29. The minimum atomic E-state index is -0.476. The molecule has 3 N–H and O–H groups in total. The Bertz CT molecular complexity index is 346. The van der Waals surface area contributed by atoms with E-state index in [1.807, 2.05) is 0 Å². The Labute approximate surface area is 87.8 Å². The number of Topliss-reactive ketones (excluding diaryl/α,β-unsaturated/α-hetero) is 1. The van der Waals surface area contributed by atoms with E-state index in [0.717, 1.165) is 5.56 Å². The molecule has 0 unspecified atom stereocenters. The SMILES string of the molecule is O=C(CO)Cc1ccc(CO)c(CO)c1. The second-order valence-corrected chi connectivity index (χ2v) is 3.29. The molecule has 4 heteroatoms. The van der Waals surface area contributed by atoms with Crippen LogP contribution in [-0.4, -0.2) is 27.7 Å². The van der Waals surface area contributed by atoms with Crippen LogP contribution in [0.5, 0.6) is 0 Å². The highest BCUT2D eigenvalue weighted by Crippen LogP contribution is 2.13. The number of benzene rings is 1. The maximum absolute atomic E-state index is 11.0. The average molecular weight is 210 g/mol. The fourth-order valence-corrected chi connectivity index (χ4v) is 1.37. The normalized spacial score (nSPS) is 10.3. The van der Waals surface area contributed by atoms with Crippen LogP contribution in [0.1, 0.15) is 16.7 Å². The molecule has 0 radical (unpaired) electrons. The van der Waals surface area contributed by atoms with Crippen LogP contribution in [0.25, 0.3) is 0 Å². The lowest BCUT2D eigenvalue weighted by atomic mass is 10.0. The highest BCUT2D eigenvalue weighted by molar-refractivity contribution is 5.81. The third kappa shape index (κ3) is 3.13. The fraction of sp³-hybridized carbons (Fsp3) is 0.364. The molecule has 0 atom stereocenters. The summed E-state index contributed by atoms with van der Waals surface area (Å²) in [5.41, 5.74) is 1.99. The molecule has 0 heterocycles. The van der Waals surface area contributed by atoms with Gasteiger partial charge in [-0.05, 0) is 16.7 Å². The lowest BCUT2D eigenvalue weighted by Crippen LogP contribution is -2.08. The molecule has 0 aliphatic carbocycles. The lowest BCUT2D eigenvalue weighted by molar-refractivity contribution is -0.121. The summed E-state index contributed by atoms with van der Waals surface area (Å²) in [5.74, 6) is -0.268. The van der Waals surface area contributed by atoms with Crippen LogP contribution < -0.4 is 0 Å². The van der Waals surface area contributed by atoms with Gasteiger partial charge in [-0.15, -0.1) is 0 Å². The van der Waals surface area contributed by atoms with Gasteiger partial charge in [0.2, 0.25) is 0 Å². The summed E-state index contributed by atoms with van der Waals surface area (Å²) >= 11 is 0. The van der Waals surface area contributed by atoms with E-state index in [1.165, 1.54) is 0 Å². The molecular formula is C11H14O4. The van der Waals surface area contributed by atoms with Crippen molar-refractivity contribution in [3.05, 3.63) is 34.9 Å². The van der Waals surface area contributed by atoms with Gasteiger partial charge in [0.05, 0.1) is 13.2 Å². The maximum atomic E-state index is 11.0. The van der Waals surface area contributed by atoms with E-state index in [9.17, 15) is 4.79 Å². The van der Waals surface area contributed by atoms with Crippen molar-refractivity contribution in [1.29, 1.82) is 0 Å². The summed E-state index contributed by atoms with van der Waals surface area (Å²) in [6, 6.07) is 5.04. The predicted molar refractivity (Wildman–Crippen MR) is 54.1 cm³/mol. The van der Waals surface area contributed by atoms with Crippen molar-refractivity contribution < 1.29 is 20.1 Å². The standard InChI is InChI=1S/C11H14O4/c12-5-9-2-1-8(3-10(9)6-13)4-11(15)7-14/h1-3,12-14H,4-7H2. The Hall–Kier alpha value is -1.23. The van der Waals surface area contributed by atoms with Gasteiger partial charge in [-0.1, -0.05) is 18.2 Å². The van der Waals surface area contributed by atoms with E-state index in [1.54, 1.807) is 18.2 Å². The molecule has 0 aliphatic heterocycles. The van der Waals surface area contributed by atoms with Gasteiger partial charge in [-0.25, -0.2) is 0 Å².